The van der Waals surface area contributed by atoms with E-state index in [9.17, 15) is 8.42 Å². The summed E-state index contributed by atoms with van der Waals surface area (Å²) in [5.74, 6) is 0.184. The van der Waals surface area contributed by atoms with Crippen molar-refractivity contribution >= 4 is 10.0 Å². The highest BCUT2D eigenvalue weighted by Gasteiger charge is 2.25. The van der Waals surface area contributed by atoms with E-state index in [0.29, 0.717) is 19.6 Å². The zero-order chi connectivity index (χ0) is 13.0. The van der Waals surface area contributed by atoms with Crippen molar-refractivity contribution < 1.29 is 8.42 Å². The lowest BCUT2D eigenvalue weighted by atomic mass is 10.0. The van der Waals surface area contributed by atoms with Gasteiger partial charge in [0.1, 0.15) is 0 Å². The van der Waals surface area contributed by atoms with Gasteiger partial charge in [0.05, 0.1) is 5.75 Å². The molecule has 0 aliphatic carbocycles. The van der Waals surface area contributed by atoms with Crippen LogP contribution in [0.15, 0.2) is 24.3 Å². The molecule has 0 saturated heterocycles. The molecule has 1 aromatic carbocycles. The third-order valence-corrected chi connectivity index (χ3v) is 5.09. The normalized spacial score (nSPS) is 16.5. The molecule has 0 unspecified atom stereocenters. The van der Waals surface area contributed by atoms with E-state index < -0.39 is 10.0 Å². The minimum atomic E-state index is -3.13. The van der Waals surface area contributed by atoms with Gasteiger partial charge in [0, 0.05) is 19.6 Å². The molecule has 0 radical (unpaired) electrons. The summed E-state index contributed by atoms with van der Waals surface area (Å²) in [6, 6.07) is 8.07. The predicted octanol–water partition coefficient (Wildman–Crippen LogP) is 0.984. The van der Waals surface area contributed by atoms with Crippen molar-refractivity contribution in [2.24, 2.45) is 0 Å². The van der Waals surface area contributed by atoms with Gasteiger partial charge in [-0.3, -0.25) is 0 Å². The molecule has 100 valence electrons. The van der Waals surface area contributed by atoms with Gasteiger partial charge in [-0.15, -0.1) is 0 Å². The van der Waals surface area contributed by atoms with Crippen molar-refractivity contribution in [1.82, 2.24) is 9.62 Å². The molecule has 0 amide bonds. The van der Waals surface area contributed by atoms with Gasteiger partial charge in [-0.05, 0) is 24.1 Å². The Kier molecular flexibility index (Phi) is 4.37. The summed E-state index contributed by atoms with van der Waals surface area (Å²) < 4.78 is 25.9. The zero-order valence-corrected chi connectivity index (χ0v) is 11.5. The molecule has 1 heterocycles. The van der Waals surface area contributed by atoms with Crippen molar-refractivity contribution in [3.63, 3.8) is 0 Å². The summed E-state index contributed by atoms with van der Waals surface area (Å²) >= 11 is 0. The van der Waals surface area contributed by atoms with Gasteiger partial charge in [0.2, 0.25) is 10.0 Å². The van der Waals surface area contributed by atoms with E-state index in [1.165, 1.54) is 5.56 Å². The van der Waals surface area contributed by atoms with E-state index in [4.69, 9.17) is 0 Å². The molecule has 1 aliphatic rings. The monoisotopic (exact) mass is 268 g/mol. The second-order valence-electron chi connectivity index (χ2n) is 4.52. The van der Waals surface area contributed by atoms with Crippen LogP contribution in [-0.4, -0.2) is 38.1 Å². The number of rotatable bonds is 5. The number of benzene rings is 1. The minimum absolute atomic E-state index is 0.184. The molecule has 0 atom stereocenters. The van der Waals surface area contributed by atoms with Crippen molar-refractivity contribution in [1.29, 1.82) is 0 Å². The Bertz CT molecular complexity index is 499. The van der Waals surface area contributed by atoms with Crippen LogP contribution in [0.2, 0.25) is 0 Å². The fourth-order valence-corrected chi connectivity index (χ4v) is 3.58. The number of hydrogen-bond acceptors (Lipinski definition) is 3. The first-order chi connectivity index (χ1) is 8.63. The van der Waals surface area contributed by atoms with Crippen LogP contribution >= 0.6 is 0 Å². The first-order valence-electron chi connectivity index (χ1n) is 6.39. The summed E-state index contributed by atoms with van der Waals surface area (Å²) in [5.41, 5.74) is 2.41. The third-order valence-electron chi connectivity index (χ3n) is 3.28. The van der Waals surface area contributed by atoms with Gasteiger partial charge in [-0.2, -0.15) is 4.31 Å². The quantitative estimate of drug-likeness (QED) is 0.810. The van der Waals surface area contributed by atoms with Crippen LogP contribution < -0.4 is 5.32 Å². The molecule has 0 bridgehead atoms. The van der Waals surface area contributed by atoms with E-state index >= 15 is 0 Å². The van der Waals surface area contributed by atoms with Crippen LogP contribution in [0.5, 0.6) is 0 Å². The third kappa shape index (κ3) is 3.10. The molecule has 1 aliphatic heterocycles. The second kappa shape index (κ2) is 5.82. The maximum atomic E-state index is 12.2. The van der Waals surface area contributed by atoms with Crippen LogP contribution in [0.4, 0.5) is 0 Å². The molecule has 0 aromatic heterocycles. The number of sulfonamides is 1. The predicted molar refractivity (Wildman–Crippen MR) is 72.9 cm³/mol. The number of nitrogens with zero attached hydrogens (tertiary/aromatic N) is 1. The lowest BCUT2D eigenvalue weighted by Crippen LogP contribution is -2.39. The van der Waals surface area contributed by atoms with E-state index in [-0.39, 0.29) is 5.75 Å². The standard InChI is InChI=1S/C13H20N2O2S/c1-2-14-8-10-18(16,17)15-9-7-12-5-3-4-6-13(12)11-15/h3-6,14H,2,7-11H2,1H3. The van der Waals surface area contributed by atoms with Crippen molar-refractivity contribution in [3.8, 4) is 0 Å². The van der Waals surface area contributed by atoms with Gasteiger partial charge < -0.3 is 5.32 Å². The average Bonchev–Trinajstić information content (AvgIpc) is 2.38. The summed E-state index contributed by atoms with van der Waals surface area (Å²) in [6.45, 7) is 4.43. The van der Waals surface area contributed by atoms with Gasteiger partial charge in [0.15, 0.2) is 0 Å². The highest BCUT2D eigenvalue weighted by molar-refractivity contribution is 7.89. The molecule has 1 aromatic rings. The Morgan fingerprint density at radius 3 is 2.72 bits per heavy atom. The van der Waals surface area contributed by atoms with E-state index in [2.05, 4.69) is 11.4 Å². The molecule has 18 heavy (non-hydrogen) atoms. The van der Waals surface area contributed by atoms with E-state index in [1.54, 1.807) is 4.31 Å². The van der Waals surface area contributed by atoms with E-state index in [1.807, 2.05) is 25.1 Å². The summed E-state index contributed by atoms with van der Waals surface area (Å²) in [4.78, 5) is 0. The van der Waals surface area contributed by atoms with Gasteiger partial charge in [-0.1, -0.05) is 31.2 Å². The first-order valence-corrected chi connectivity index (χ1v) is 7.99. The lowest BCUT2D eigenvalue weighted by Gasteiger charge is -2.28. The smallest absolute Gasteiger partial charge is 0.215 e. The molecule has 5 heteroatoms. The number of nitrogens with one attached hydrogen (secondary N) is 1. The van der Waals surface area contributed by atoms with Gasteiger partial charge in [-0.25, -0.2) is 8.42 Å². The Balaban J connectivity index is 2.04. The van der Waals surface area contributed by atoms with Crippen LogP contribution in [-0.2, 0) is 23.0 Å². The second-order valence-corrected chi connectivity index (χ2v) is 6.61. The minimum Gasteiger partial charge on any atom is -0.316 e. The first kappa shape index (κ1) is 13.5. The van der Waals surface area contributed by atoms with Crippen molar-refractivity contribution in [3.05, 3.63) is 35.4 Å². The zero-order valence-electron chi connectivity index (χ0n) is 10.7. The highest BCUT2D eigenvalue weighted by Crippen LogP contribution is 2.20. The van der Waals surface area contributed by atoms with Crippen LogP contribution in [0.3, 0.4) is 0 Å². The average molecular weight is 268 g/mol. The van der Waals surface area contributed by atoms with Crippen molar-refractivity contribution in [2.45, 2.75) is 19.9 Å². The topological polar surface area (TPSA) is 49.4 Å². The SMILES string of the molecule is CCNCCS(=O)(=O)N1CCc2ccccc2C1. The Morgan fingerprint density at radius 1 is 1.28 bits per heavy atom. The van der Waals surface area contributed by atoms with Crippen molar-refractivity contribution in [2.75, 3.05) is 25.4 Å². The summed E-state index contributed by atoms with van der Waals surface area (Å²) in [7, 11) is -3.13. The maximum absolute atomic E-state index is 12.2. The number of hydrogen-bond donors (Lipinski definition) is 1. The lowest BCUT2D eigenvalue weighted by molar-refractivity contribution is 0.391. The molecule has 0 spiro atoms. The van der Waals surface area contributed by atoms with Crippen LogP contribution in [0.25, 0.3) is 0 Å². The Labute approximate surface area is 109 Å². The van der Waals surface area contributed by atoms with E-state index in [0.717, 1.165) is 18.5 Å². The maximum Gasteiger partial charge on any atom is 0.215 e. The molecular weight excluding hydrogens is 248 g/mol. The summed E-state index contributed by atoms with van der Waals surface area (Å²) in [5, 5.41) is 3.06. The molecule has 2 rings (SSSR count). The van der Waals surface area contributed by atoms with Gasteiger partial charge >= 0.3 is 0 Å². The largest absolute Gasteiger partial charge is 0.316 e. The van der Waals surface area contributed by atoms with Crippen LogP contribution in [0, 0.1) is 0 Å². The van der Waals surface area contributed by atoms with Crippen LogP contribution in [0.1, 0.15) is 18.1 Å². The Morgan fingerprint density at radius 2 is 2.00 bits per heavy atom. The summed E-state index contributed by atoms with van der Waals surface area (Å²) in [6.07, 6.45) is 0.816. The van der Waals surface area contributed by atoms with Gasteiger partial charge in [0.25, 0.3) is 0 Å². The fraction of sp³-hybridized carbons (Fsp3) is 0.538. The molecule has 1 N–H and O–H groups in total. The Hall–Kier alpha value is -0.910. The molecular formula is C13H20N2O2S. The molecule has 0 fully saturated rings. The molecule has 4 nitrogen and oxygen atoms in total. The number of fused-ring (bicyclic) bond motifs is 1. The highest BCUT2D eigenvalue weighted by atomic mass is 32.2. The molecule has 0 saturated carbocycles. The fourth-order valence-electron chi connectivity index (χ4n) is 2.21.